The zero-order chi connectivity index (χ0) is 15.0. The summed E-state index contributed by atoms with van der Waals surface area (Å²) >= 11 is 0. The van der Waals surface area contributed by atoms with Crippen molar-refractivity contribution < 1.29 is 4.79 Å². The minimum atomic E-state index is 0.201. The molecule has 1 aromatic carbocycles. The molecular formula is C19H26N2O. The summed E-state index contributed by atoms with van der Waals surface area (Å²) in [6.45, 7) is 2.98. The van der Waals surface area contributed by atoms with Crippen molar-refractivity contribution in [3.63, 3.8) is 0 Å². The predicted molar refractivity (Wildman–Crippen MR) is 87.6 cm³/mol. The topological polar surface area (TPSA) is 41.1 Å². The molecule has 3 fully saturated rings. The molecule has 118 valence electrons. The summed E-state index contributed by atoms with van der Waals surface area (Å²) in [7, 11) is 0. The largest absolute Gasteiger partial charge is 0.355 e. The highest BCUT2D eigenvalue weighted by atomic mass is 16.2. The standard InChI is InChI=1S/C19H26N2O/c22-17(16-13-18(16)9-11-20-12-10-18)21-14-19(7-4-8-19)15-5-2-1-3-6-15/h1-3,5-6,16,20H,4,7-14H2,(H,21,22). The van der Waals surface area contributed by atoms with Gasteiger partial charge in [0.05, 0.1) is 0 Å². The van der Waals surface area contributed by atoms with Gasteiger partial charge in [-0.3, -0.25) is 4.79 Å². The average molecular weight is 298 g/mol. The fraction of sp³-hybridized carbons (Fsp3) is 0.632. The van der Waals surface area contributed by atoms with Gasteiger partial charge in [0, 0.05) is 17.9 Å². The van der Waals surface area contributed by atoms with E-state index >= 15 is 0 Å². The van der Waals surface area contributed by atoms with E-state index in [0.29, 0.717) is 11.3 Å². The molecule has 2 saturated carbocycles. The van der Waals surface area contributed by atoms with Crippen molar-refractivity contribution in [2.45, 2.75) is 43.9 Å². The first kappa shape index (κ1) is 14.3. The number of carbonyl (C=O) groups is 1. The van der Waals surface area contributed by atoms with Crippen molar-refractivity contribution in [1.29, 1.82) is 0 Å². The van der Waals surface area contributed by atoms with Gasteiger partial charge in [0.25, 0.3) is 0 Å². The Hall–Kier alpha value is -1.35. The lowest BCUT2D eigenvalue weighted by Gasteiger charge is -2.42. The molecule has 1 unspecified atom stereocenters. The maximum atomic E-state index is 12.6. The minimum Gasteiger partial charge on any atom is -0.355 e. The third-order valence-corrected chi connectivity index (χ3v) is 6.40. The minimum absolute atomic E-state index is 0.201. The summed E-state index contributed by atoms with van der Waals surface area (Å²) in [6.07, 6.45) is 7.15. The van der Waals surface area contributed by atoms with E-state index in [-0.39, 0.29) is 11.3 Å². The number of nitrogens with one attached hydrogen (secondary N) is 2. The highest BCUT2D eigenvalue weighted by Crippen LogP contribution is 2.58. The van der Waals surface area contributed by atoms with E-state index in [1.54, 1.807) is 0 Å². The van der Waals surface area contributed by atoms with Gasteiger partial charge in [0.1, 0.15) is 0 Å². The van der Waals surface area contributed by atoms with Crippen molar-refractivity contribution in [3.8, 4) is 0 Å². The molecule has 3 heteroatoms. The number of hydrogen-bond donors (Lipinski definition) is 2. The van der Waals surface area contributed by atoms with Gasteiger partial charge < -0.3 is 10.6 Å². The lowest BCUT2D eigenvalue weighted by atomic mass is 9.64. The van der Waals surface area contributed by atoms with Crippen LogP contribution in [0.4, 0.5) is 0 Å². The number of amides is 1. The second-order valence-electron chi connectivity index (χ2n) is 7.59. The number of hydrogen-bond acceptors (Lipinski definition) is 2. The van der Waals surface area contributed by atoms with Gasteiger partial charge in [-0.25, -0.2) is 0 Å². The second-order valence-corrected chi connectivity index (χ2v) is 7.59. The van der Waals surface area contributed by atoms with Crippen molar-refractivity contribution in [2.24, 2.45) is 11.3 Å². The van der Waals surface area contributed by atoms with Crippen LogP contribution in [0.15, 0.2) is 30.3 Å². The number of carbonyl (C=O) groups excluding carboxylic acids is 1. The molecule has 4 rings (SSSR count). The van der Waals surface area contributed by atoms with E-state index in [9.17, 15) is 4.79 Å². The quantitative estimate of drug-likeness (QED) is 0.897. The second kappa shape index (κ2) is 5.38. The van der Waals surface area contributed by atoms with Crippen LogP contribution < -0.4 is 10.6 Å². The normalized spacial score (nSPS) is 27.9. The summed E-state index contributed by atoms with van der Waals surface area (Å²) < 4.78 is 0. The molecule has 1 atom stereocenters. The number of rotatable bonds is 4. The molecule has 0 radical (unpaired) electrons. The molecule has 3 nitrogen and oxygen atoms in total. The summed E-state index contributed by atoms with van der Waals surface area (Å²) in [5, 5.41) is 6.70. The van der Waals surface area contributed by atoms with E-state index in [2.05, 4.69) is 41.0 Å². The zero-order valence-corrected chi connectivity index (χ0v) is 13.2. The van der Waals surface area contributed by atoms with E-state index in [4.69, 9.17) is 0 Å². The fourth-order valence-electron chi connectivity index (χ4n) is 4.54. The van der Waals surface area contributed by atoms with Crippen LogP contribution >= 0.6 is 0 Å². The molecule has 1 amide bonds. The number of piperidine rings is 1. The zero-order valence-electron chi connectivity index (χ0n) is 13.2. The third-order valence-electron chi connectivity index (χ3n) is 6.40. The Morgan fingerprint density at radius 3 is 2.50 bits per heavy atom. The molecule has 2 N–H and O–H groups in total. The molecule has 1 aliphatic heterocycles. The van der Waals surface area contributed by atoms with E-state index < -0.39 is 0 Å². The molecule has 1 heterocycles. The smallest absolute Gasteiger partial charge is 0.223 e. The summed E-state index contributed by atoms with van der Waals surface area (Å²) in [5.41, 5.74) is 1.94. The molecule has 0 aromatic heterocycles. The lowest BCUT2D eigenvalue weighted by Crippen LogP contribution is -2.46. The van der Waals surface area contributed by atoms with E-state index in [1.165, 1.54) is 37.7 Å². The van der Waals surface area contributed by atoms with Gasteiger partial charge in [-0.2, -0.15) is 0 Å². The molecule has 1 saturated heterocycles. The van der Waals surface area contributed by atoms with Crippen molar-refractivity contribution in [3.05, 3.63) is 35.9 Å². The predicted octanol–water partition coefficient (Wildman–Crippen LogP) is 2.61. The van der Waals surface area contributed by atoms with Crippen molar-refractivity contribution >= 4 is 5.91 Å². The Labute approximate surface area is 132 Å². The third kappa shape index (κ3) is 2.36. The van der Waals surface area contributed by atoms with Crippen LogP contribution in [0.5, 0.6) is 0 Å². The van der Waals surface area contributed by atoms with Crippen LogP contribution in [0.1, 0.15) is 44.1 Å². The first-order valence-electron chi connectivity index (χ1n) is 8.78. The average Bonchev–Trinajstić information content (AvgIpc) is 3.21. The number of benzene rings is 1. The van der Waals surface area contributed by atoms with Crippen molar-refractivity contribution in [1.82, 2.24) is 10.6 Å². The van der Waals surface area contributed by atoms with Gasteiger partial charge in [-0.1, -0.05) is 36.8 Å². The highest BCUT2D eigenvalue weighted by molar-refractivity contribution is 5.82. The van der Waals surface area contributed by atoms with Crippen LogP contribution in [-0.4, -0.2) is 25.5 Å². The SMILES string of the molecule is O=C(NCC1(c2ccccc2)CCC1)C1CC12CCNCC2. The summed E-state index contributed by atoms with van der Waals surface area (Å²) in [6, 6.07) is 10.7. The molecule has 22 heavy (non-hydrogen) atoms. The molecule has 1 aromatic rings. The first-order chi connectivity index (χ1) is 10.7. The molecule has 3 aliphatic rings. The van der Waals surface area contributed by atoms with Gasteiger partial charge in [0.2, 0.25) is 5.91 Å². The maximum Gasteiger partial charge on any atom is 0.223 e. The molecule has 0 bridgehead atoms. The Morgan fingerprint density at radius 2 is 1.86 bits per heavy atom. The van der Waals surface area contributed by atoms with Crippen LogP contribution in [0.25, 0.3) is 0 Å². The Kier molecular flexibility index (Phi) is 3.48. The van der Waals surface area contributed by atoms with E-state index in [0.717, 1.165) is 26.1 Å². The molecule has 1 spiro atoms. The van der Waals surface area contributed by atoms with Gasteiger partial charge >= 0.3 is 0 Å². The fourth-order valence-corrected chi connectivity index (χ4v) is 4.54. The monoisotopic (exact) mass is 298 g/mol. The lowest BCUT2D eigenvalue weighted by molar-refractivity contribution is -0.123. The van der Waals surface area contributed by atoms with Gasteiger partial charge in [-0.15, -0.1) is 0 Å². The van der Waals surface area contributed by atoms with Gasteiger partial charge in [0.15, 0.2) is 0 Å². The van der Waals surface area contributed by atoms with Crippen LogP contribution in [0.3, 0.4) is 0 Å². The van der Waals surface area contributed by atoms with Crippen LogP contribution in [0, 0.1) is 11.3 Å². The molecular weight excluding hydrogens is 272 g/mol. The Bertz CT molecular complexity index is 544. The Morgan fingerprint density at radius 1 is 1.14 bits per heavy atom. The Balaban J connectivity index is 1.37. The summed E-state index contributed by atoms with van der Waals surface area (Å²) in [5.74, 6) is 0.589. The first-order valence-corrected chi connectivity index (χ1v) is 8.78. The van der Waals surface area contributed by atoms with Crippen molar-refractivity contribution in [2.75, 3.05) is 19.6 Å². The van der Waals surface area contributed by atoms with Crippen LogP contribution in [-0.2, 0) is 10.2 Å². The molecule has 2 aliphatic carbocycles. The van der Waals surface area contributed by atoms with E-state index in [1.807, 2.05) is 0 Å². The van der Waals surface area contributed by atoms with Gasteiger partial charge in [-0.05, 0) is 56.2 Å². The van der Waals surface area contributed by atoms with Crippen LogP contribution in [0.2, 0.25) is 0 Å². The highest BCUT2D eigenvalue weighted by Gasteiger charge is 2.57. The maximum absolute atomic E-state index is 12.6. The summed E-state index contributed by atoms with van der Waals surface area (Å²) in [4.78, 5) is 12.6.